The van der Waals surface area contributed by atoms with Crippen LogP contribution in [0.4, 0.5) is 5.69 Å². The van der Waals surface area contributed by atoms with E-state index in [1.165, 1.54) is 5.69 Å². The van der Waals surface area contributed by atoms with E-state index >= 15 is 0 Å². The number of nitrogens with one attached hydrogen (secondary N) is 1. The van der Waals surface area contributed by atoms with Crippen molar-refractivity contribution in [2.45, 2.75) is 49.5 Å². The lowest BCUT2D eigenvalue weighted by Crippen LogP contribution is -2.48. The summed E-state index contributed by atoms with van der Waals surface area (Å²) in [6.45, 7) is 3.23. The number of aliphatic carboxylic acids is 1. The molecule has 1 spiro atoms. The Bertz CT molecular complexity index is 1070. The van der Waals surface area contributed by atoms with Crippen LogP contribution in [0.1, 0.15) is 38.5 Å². The van der Waals surface area contributed by atoms with Gasteiger partial charge in [0.2, 0.25) is 15.9 Å². The summed E-state index contributed by atoms with van der Waals surface area (Å²) in [7, 11) is -4.10. The summed E-state index contributed by atoms with van der Waals surface area (Å²) in [6.07, 6.45) is 9.31. The van der Waals surface area contributed by atoms with Crippen LogP contribution in [0.15, 0.2) is 46.4 Å². The van der Waals surface area contributed by atoms with Crippen LogP contribution < -0.4 is 9.62 Å². The lowest BCUT2D eigenvalue weighted by Gasteiger charge is -2.47. The van der Waals surface area contributed by atoms with Crippen molar-refractivity contribution in [1.29, 1.82) is 0 Å². The Kier molecular flexibility index (Phi) is 7.17. The molecule has 2 aromatic rings. The zero-order valence-corrected chi connectivity index (χ0v) is 19.6. The van der Waals surface area contributed by atoms with Crippen molar-refractivity contribution in [2.24, 2.45) is 5.41 Å². The normalized spacial score (nSPS) is 19.2. The van der Waals surface area contributed by atoms with Crippen molar-refractivity contribution in [3.63, 3.8) is 0 Å². The number of likely N-dealkylation sites (tertiary alicyclic amines) is 1. The SMILES string of the molecule is O=C(O)[C@H](CCC(=O)N1CCC2(CC1)CCN(c1ccncc1)CC2)NS(=O)(=O)c1cnoc1. The third kappa shape index (κ3) is 5.55. The molecule has 0 aliphatic carbocycles. The third-order valence-corrected chi connectivity index (χ3v) is 8.41. The molecule has 2 N–H and O–H groups in total. The van der Waals surface area contributed by atoms with Gasteiger partial charge in [-0.3, -0.25) is 14.6 Å². The highest BCUT2D eigenvalue weighted by atomic mass is 32.2. The number of carboxylic acid groups (broad SMARTS) is 1. The Labute approximate surface area is 198 Å². The van der Waals surface area contributed by atoms with Gasteiger partial charge in [0.25, 0.3) is 0 Å². The highest BCUT2D eigenvalue weighted by molar-refractivity contribution is 7.89. The van der Waals surface area contributed by atoms with E-state index in [2.05, 4.69) is 24.3 Å². The van der Waals surface area contributed by atoms with Crippen LogP contribution in [-0.4, -0.2) is 72.7 Å². The van der Waals surface area contributed by atoms with Crippen LogP contribution in [0.25, 0.3) is 0 Å². The minimum atomic E-state index is -4.10. The number of pyridine rings is 1. The minimum absolute atomic E-state index is 0.0497. The second-order valence-corrected chi connectivity index (χ2v) is 10.7. The second-order valence-electron chi connectivity index (χ2n) is 8.98. The summed E-state index contributed by atoms with van der Waals surface area (Å²) in [6, 6.07) is 2.63. The van der Waals surface area contributed by atoms with E-state index in [1.54, 1.807) is 17.3 Å². The van der Waals surface area contributed by atoms with Crippen LogP contribution in [0, 0.1) is 5.41 Å². The monoisotopic (exact) mass is 491 g/mol. The first kappa shape index (κ1) is 24.1. The number of hydrogen-bond acceptors (Lipinski definition) is 8. The van der Waals surface area contributed by atoms with Crippen LogP contribution >= 0.6 is 0 Å². The van der Waals surface area contributed by atoms with Gasteiger partial charge < -0.3 is 19.4 Å². The fraction of sp³-hybridized carbons (Fsp3) is 0.545. The predicted octanol–water partition coefficient (Wildman–Crippen LogP) is 1.49. The van der Waals surface area contributed by atoms with Crippen LogP contribution in [-0.2, 0) is 19.6 Å². The maximum absolute atomic E-state index is 12.7. The molecule has 0 aromatic carbocycles. The van der Waals surface area contributed by atoms with Gasteiger partial charge in [0.15, 0.2) is 0 Å². The highest BCUT2D eigenvalue weighted by Crippen LogP contribution is 2.42. The largest absolute Gasteiger partial charge is 0.480 e. The molecule has 2 saturated heterocycles. The van der Waals surface area contributed by atoms with Crippen LogP contribution in [0.5, 0.6) is 0 Å². The van der Waals surface area contributed by atoms with E-state index in [9.17, 15) is 23.1 Å². The number of carbonyl (C=O) groups excluding carboxylic acids is 1. The van der Waals surface area contributed by atoms with Gasteiger partial charge in [0, 0.05) is 50.7 Å². The summed E-state index contributed by atoms with van der Waals surface area (Å²) in [4.78, 5) is 32.3. The number of aromatic nitrogens is 2. The van der Waals surface area contributed by atoms with Crippen LogP contribution in [0.3, 0.4) is 0 Å². The molecule has 2 aliphatic rings. The first-order valence-electron chi connectivity index (χ1n) is 11.4. The van der Waals surface area contributed by atoms with Crippen LogP contribution in [0.2, 0.25) is 0 Å². The van der Waals surface area contributed by atoms with Gasteiger partial charge in [-0.1, -0.05) is 5.16 Å². The standard InChI is InChI=1S/C22H29N5O6S/c28-20(2-1-19(21(29)30)25-34(31,32)18-15-24-33-16-18)27-13-7-22(8-14-27)5-11-26(12-6-22)17-3-9-23-10-4-17/h3-4,9-10,15-16,19,25H,1-2,5-8,11-14H2,(H,29,30)/t19-/m0/s1. The molecule has 2 aliphatic heterocycles. The molecule has 0 radical (unpaired) electrons. The molecular formula is C22H29N5O6S. The van der Waals surface area contributed by atoms with E-state index in [0.29, 0.717) is 13.1 Å². The third-order valence-electron chi connectivity index (χ3n) is 6.99. The number of hydrogen-bond donors (Lipinski definition) is 2. The topological polar surface area (TPSA) is 146 Å². The average molecular weight is 492 g/mol. The number of anilines is 1. The van der Waals surface area contributed by atoms with E-state index < -0.39 is 22.0 Å². The predicted molar refractivity (Wildman–Crippen MR) is 121 cm³/mol. The molecule has 4 rings (SSSR count). The van der Waals surface area contributed by atoms with Gasteiger partial charge in [-0.25, -0.2) is 8.42 Å². The highest BCUT2D eigenvalue weighted by Gasteiger charge is 2.38. The van der Waals surface area contributed by atoms with E-state index in [0.717, 1.165) is 51.2 Å². The second kappa shape index (κ2) is 10.1. The molecule has 11 nitrogen and oxygen atoms in total. The number of amides is 1. The zero-order valence-electron chi connectivity index (χ0n) is 18.8. The summed E-state index contributed by atoms with van der Waals surface area (Å²) < 4.78 is 31.2. The fourth-order valence-electron chi connectivity index (χ4n) is 4.77. The summed E-state index contributed by atoms with van der Waals surface area (Å²) >= 11 is 0. The van der Waals surface area contributed by atoms with Gasteiger partial charge in [0.05, 0.1) is 6.20 Å². The van der Waals surface area contributed by atoms with E-state index in [-0.39, 0.29) is 29.1 Å². The Balaban J connectivity index is 1.25. The van der Waals surface area contributed by atoms with E-state index in [1.807, 2.05) is 12.1 Å². The lowest BCUT2D eigenvalue weighted by atomic mass is 9.71. The molecule has 0 bridgehead atoms. The Hall–Kier alpha value is -2.99. The average Bonchev–Trinajstić information content (AvgIpc) is 3.39. The van der Waals surface area contributed by atoms with Gasteiger partial charge in [-0.2, -0.15) is 4.72 Å². The summed E-state index contributed by atoms with van der Waals surface area (Å²) in [5.41, 5.74) is 1.42. The fourth-order valence-corrected chi connectivity index (χ4v) is 5.85. The Morgan fingerprint density at radius 1 is 1.12 bits per heavy atom. The molecule has 12 heteroatoms. The van der Waals surface area contributed by atoms with Crippen molar-refractivity contribution < 1.29 is 27.6 Å². The Morgan fingerprint density at radius 2 is 1.76 bits per heavy atom. The van der Waals surface area contributed by atoms with Crippen molar-refractivity contribution in [3.8, 4) is 0 Å². The number of piperidine rings is 2. The van der Waals surface area contributed by atoms with Gasteiger partial charge in [0.1, 0.15) is 17.2 Å². The molecule has 2 fully saturated rings. The number of sulfonamides is 1. The van der Waals surface area contributed by atoms with Gasteiger partial charge >= 0.3 is 5.97 Å². The summed E-state index contributed by atoms with van der Waals surface area (Å²) in [5.74, 6) is -1.49. The molecule has 2 aromatic heterocycles. The number of rotatable bonds is 8. The summed E-state index contributed by atoms with van der Waals surface area (Å²) in [5, 5.41) is 12.8. The number of carboxylic acids is 1. The number of nitrogens with zero attached hydrogens (tertiary/aromatic N) is 4. The molecule has 1 atom stereocenters. The maximum atomic E-state index is 12.7. The molecule has 184 valence electrons. The molecule has 0 unspecified atom stereocenters. The smallest absolute Gasteiger partial charge is 0.321 e. The van der Waals surface area contributed by atoms with Crippen molar-refractivity contribution in [2.75, 3.05) is 31.1 Å². The lowest BCUT2D eigenvalue weighted by molar-refractivity contribution is -0.139. The maximum Gasteiger partial charge on any atom is 0.321 e. The van der Waals surface area contributed by atoms with Crippen molar-refractivity contribution >= 4 is 27.6 Å². The molecule has 34 heavy (non-hydrogen) atoms. The van der Waals surface area contributed by atoms with E-state index in [4.69, 9.17) is 0 Å². The van der Waals surface area contributed by atoms with Gasteiger partial charge in [-0.15, -0.1) is 0 Å². The zero-order chi connectivity index (χ0) is 24.2. The molecular weight excluding hydrogens is 462 g/mol. The number of carbonyl (C=O) groups is 2. The Morgan fingerprint density at radius 3 is 2.35 bits per heavy atom. The molecule has 0 saturated carbocycles. The van der Waals surface area contributed by atoms with Crippen molar-refractivity contribution in [1.82, 2.24) is 19.8 Å². The minimum Gasteiger partial charge on any atom is -0.480 e. The quantitative estimate of drug-likeness (QED) is 0.561. The first-order chi connectivity index (χ1) is 16.3. The van der Waals surface area contributed by atoms with Gasteiger partial charge in [-0.05, 0) is 49.7 Å². The first-order valence-corrected chi connectivity index (χ1v) is 12.8. The van der Waals surface area contributed by atoms with Crippen molar-refractivity contribution in [3.05, 3.63) is 37.0 Å². The molecule has 4 heterocycles. The molecule has 1 amide bonds.